The van der Waals surface area contributed by atoms with Crippen molar-refractivity contribution in [3.63, 3.8) is 0 Å². The van der Waals surface area contributed by atoms with E-state index < -0.39 is 0 Å². The molecule has 0 unspecified atom stereocenters. The van der Waals surface area contributed by atoms with Crippen molar-refractivity contribution in [3.05, 3.63) is 218 Å². The number of nitrogens with zero attached hydrogens (tertiary/aromatic N) is 2. The lowest BCUT2D eigenvalue weighted by molar-refractivity contribution is 0.668. The van der Waals surface area contributed by atoms with Gasteiger partial charge in [-0.25, -0.2) is 4.98 Å². The van der Waals surface area contributed by atoms with Crippen LogP contribution in [0.2, 0.25) is 0 Å². The molecular formula is C57H36N2O. The standard InChI is InChI=1S/C57H36N2O/c1-4-13-37(14-5-1)40-23-25-41(26-24-40)57-46-20-11-10-19-44(46)33-51(58-57)49-21-12-22-54-56(49)50-32-29-45(36-55(50)60-54)59-52-34-42(38-15-6-2-7-16-38)27-30-47(52)48-31-28-43(35-53(48)59)39-17-8-3-9-18-39/h1-36H. The summed E-state index contributed by atoms with van der Waals surface area (Å²) in [6.07, 6.45) is 0. The minimum absolute atomic E-state index is 0.834. The van der Waals surface area contributed by atoms with Gasteiger partial charge in [-0.3, -0.25) is 0 Å². The Labute approximate surface area is 347 Å². The predicted octanol–water partition coefficient (Wildman–Crippen LogP) is 15.6. The summed E-state index contributed by atoms with van der Waals surface area (Å²) in [5, 5.41) is 6.82. The predicted molar refractivity (Wildman–Crippen MR) is 251 cm³/mol. The van der Waals surface area contributed by atoms with Gasteiger partial charge in [0.15, 0.2) is 0 Å². The van der Waals surface area contributed by atoms with Crippen molar-refractivity contribution in [2.45, 2.75) is 0 Å². The second kappa shape index (κ2) is 13.8. The molecule has 0 bridgehead atoms. The van der Waals surface area contributed by atoms with Gasteiger partial charge < -0.3 is 8.98 Å². The molecule has 0 spiro atoms. The van der Waals surface area contributed by atoms with E-state index >= 15 is 0 Å². The Morgan fingerprint density at radius 3 is 1.53 bits per heavy atom. The summed E-state index contributed by atoms with van der Waals surface area (Å²) in [5.74, 6) is 0. The molecule has 3 heteroatoms. The highest BCUT2D eigenvalue weighted by Gasteiger charge is 2.19. The average Bonchev–Trinajstić information content (AvgIpc) is 3.86. The Kier molecular flexibility index (Phi) is 7.85. The van der Waals surface area contributed by atoms with Crippen molar-refractivity contribution in [1.82, 2.24) is 9.55 Å². The number of hydrogen-bond donors (Lipinski definition) is 0. The molecule has 9 aromatic carbocycles. The fourth-order valence-corrected chi connectivity index (χ4v) is 9.09. The Morgan fingerprint density at radius 1 is 0.350 bits per heavy atom. The molecule has 3 nitrogen and oxygen atoms in total. The molecule has 0 saturated heterocycles. The average molecular weight is 765 g/mol. The lowest BCUT2D eigenvalue weighted by Gasteiger charge is -2.12. The summed E-state index contributed by atoms with van der Waals surface area (Å²) in [5.41, 5.74) is 16.1. The molecule has 0 aliphatic rings. The van der Waals surface area contributed by atoms with Crippen molar-refractivity contribution in [3.8, 4) is 61.6 Å². The maximum atomic E-state index is 6.78. The van der Waals surface area contributed by atoms with E-state index in [1.165, 1.54) is 44.2 Å². The van der Waals surface area contributed by atoms with Crippen LogP contribution in [0.5, 0.6) is 0 Å². The van der Waals surface area contributed by atoms with Gasteiger partial charge in [-0.15, -0.1) is 0 Å². The summed E-state index contributed by atoms with van der Waals surface area (Å²) in [6, 6.07) is 77.9. The molecule has 3 heterocycles. The fraction of sp³-hybridized carbons (Fsp3) is 0. The summed E-state index contributed by atoms with van der Waals surface area (Å²) in [4.78, 5) is 5.43. The van der Waals surface area contributed by atoms with E-state index in [4.69, 9.17) is 9.40 Å². The van der Waals surface area contributed by atoms with Crippen LogP contribution >= 0.6 is 0 Å². The molecule has 3 aromatic heterocycles. The van der Waals surface area contributed by atoms with E-state index in [-0.39, 0.29) is 0 Å². The van der Waals surface area contributed by atoms with Crippen LogP contribution in [-0.4, -0.2) is 9.55 Å². The van der Waals surface area contributed by atoms with Gasteiger partial charge in [0.2, 0.25) is 0 Å². The SMILES string of the molecule is c1ccc(-c2ccc(-c3nc(-c4cccc5oc6cc(-n7c8cc(-c9ccccc9)ccc8c8ccc(-c9ccccc9)cc87)ccc6c45)cc4ccccc34)cc2)cc1. The van der Waals surface area contributed by atoms with Crippen molar-refractivity contribution >= 4 is 54.5 Å². The molecule has 0 fully saturated rings. The van der Waals surface area contributed by atoms with Crippen molar-refractivity contribution in [1.29, 1.82) is 0 Å². The second-order valence-corrected chi connectivity index (χ2v) is 15.5. The summed E-state index contributed by atoms with van der Waals surface area (Å²) < 4.78 is 9.18. The number of fused-ring (bicyclic) bond motifs is 7. The van der Waals surface area contributed by atoms with E-state index in [1.54, 1.807) is 0 Å². The first-order chi connectivity index (χ1) is 29.7. The fourth-order valence-electron chi connectivity index (χ4n) is 9.09. The highest BCUT2D eigenvalue weighted by atomic mass is 16.3. The Morgan fingerprint density at radius 2 is 0.883 bits per heavy atom. The Bertz CT molecular complexity index is 3470. The largest absolute Gasteiger partial charge is 0.456 e. The Balaban J connectivity index is 1.03. The molecule has 12 aromatic rings. The van der Waals surface area contributed by atoms with Crippen LogP contribution in [0.15, 0.2) is 223 Å². The van der Waals surface area contributed by atoms with E-state index in [1.807, 2.05) is 0 Å². The van der Waals surface area contributed by atoms with Gasteiger partial charge in [0, 0.05) is 49.8 Å². The quantitative estimate of drug-likeness (QED) is 0.169. The lowest BCUT2D eigenvalue weighted by Crippen LogP contribution is -1.94. The van der Waals surface area contributed by atoms with Gasteiger partial charge in [-0.05, 0) is 75.2 Å². The first kappa shape index (κ1) is 34.1. The molecule has 0 aliphatic heterocycles. The maximum Gasteiger partial charge on any atom is 0.137 e. The van der Waals surface area contributed by atoms with Crippen molar-refractivity contribution < 1.29 is 4.42 Å². The van der Waals surface area contributed by atoms with Gasteiger partial charge in [0.25, 0.3) is 0 Å². The van der Waals surface area contributed by atoms with Crippen LogP contribution in [0.1, 0.15) is 0 Å². The molecule has 0 amide bonds. The van der Waals surface area contributed by atoms with E-state index in [2.05, 4.69) is 223 Å². The molecule has 0 N–H and O–H groups in total. The van der Waals surface area contributed by atoms with Crippen LogP contribution in [0.3, 0.4) is 0 Å². The zero-order chi connectivity index (χ0) is 39.6. The van der Waals surface area contributed by atoms with E-state index in [0.29, 0.717) is 0 Å². The van der Waals surface area contributed by atoms with Gasteiger partial charge in [0.1, 0.15) is 11.2 Å². The third-order valence-electron chi connectivity index (χ3n) is 12.0. The number of pyridine rings is 1. The summed E-state index contributed by atoms with van der Waals surface area (Å²) >= 11 is 0. The van der Waals surface area contributed by atoms with Crippen LogP contribution in [0.4, 0.5) is 0 Å². The minimum atomic E-state index is 0.834. The smallest absolute Gasteiger partial charge is 0.137 e. The van der Waals surface area contributed by atoms with E-state index in [9.17, 15) is 0 Å². The van der Waals surface area contributed by atoms with Crippen LogP contribution in [0.25, 0.3) is 116 Å². The normalized spacial score (nSPS) is 11.7. The number of rotatable bonds is 6. The zero-order valence-electron chi connectivity index (χ0n) is 32.6. The van der Waals surface area contributed by atoms with Crippen molar-refractivity contribution in [2.24, 2.45) is 0 Å². The summed E-state index contributed by atoms with van der Waals surface area (Å²) in [7, 11) is 0. The Hall–Kier alpha value is -8.01. The third kappa shape index (κ3) is 5.63. The molecule has 0 saturated carbocycles. The number of hydrogen-bond acceptors (Lipinski definition) is 2. The van der Waals surface area contributed by atoms with E-state index in [0.717, 1.165) is 71.9 Å². The van der Waals surface area contributed by atoms with Crippen molar-refractivity contribution in [2.75, 3.05) is 0 Å². The van der Waals surface area contributed by atoms with Gasteiger partial charge in [-0.2, -0.15) is 0 Å². The zero-order valence-corrected chi connectivity index (χ0v) is 32.6. The van der Waals surface area contributed by atoms with Gasteiger partial charge >= 0.3 is 0 Å². The van der Waals surface area contributed by atoms with Gasteiger partial charge in [-0.1, -0.05) is 176 Å². The summed E-state index contributed by atoms with van der Waals surface area (Å²) in [6.45, 7) is 0. The molecule has 60 heavy (non-hydrogen) atoms. The number of aromatic nitrogens is 2. The van der Waals surface area contributed by atoms with Crippen LogP contribution in [-0.2, 0) is 0 Å². The molecule has 12 rings (SSSR count). The highest BCUT2D eigenvalue weighted by Crippen LogP contribution is 2.42. The molecular weight excluding hydrogens is 729 g/mol. The lowest BCUT2D eigenvalue weighted by atomic mass is 9.97. The number of furan rings is 1. The molecule has 0 atom stereocenters. The minimum Gasteiger partial charge on any atom is -0.456 e. The highest BCUT2D eigenvalue weighted by molar-refractivity contribution is 6.14. The van der Waals surface area contributed by atoms with Gasteiger partial charge in [0.05, 0.1) is 22.4 Å². The maximum absolute atomic E-state index is 6.78. The first-order valence-electron chi connectivity index (χ1n) is 20.4. The second-order valence-electron chi connectivity index (χ2n) is 15.5. The molecule has 280 valence electrons. The first-order valence-corrected chi connectivity index (χ1v) is 20.4. The monoisotopic (exact) mass is 764 g/mol. The third-order valence-corrected chi connectivity index (χ3v) is 12.0. The molecule has 0 radical (unpaired) electrons. The molecule has 0 aliphatic carbocycles. The van der Waals surface area contributed by atoms with Crippen LogP contribution in [0, 0.1) is 0 Å². The van der Waals surface area contributed by atoms with Crippen LogP contribution < -0.4 is 0 Å². The number of benzene rings is 9. The topological polar surface area (TPSA) is 31.0 Å².